The van der Waals surface area contributed by atoms with Crippen molar-refractivity contribution in [3.63, 3.8) is 0 Å². The topological polar surface area (TPSA) is 55.1 Å². The molecular weight excluding hydrogens is 375 g/mol. The van der Waals surface area contributed by atoms with E-state index >= 15 is 0 Å². The Bertz CT molecular complexity index is 643. The summed E-state index contributed by atoms with van der Waals surface area (Å²) >= 11 is 8.23. The number of anilines is 2. The van der Waals surface area contributed by atoms with E-state index in [4.69, 9.17) is 17.3 Å². The third-order valence-corrected chi connectivity index (χ3v) is 3.70. The van der Waals surface area contributed by atoms with Crippen LogP contribution in [0.15, 0.2) is 36.4 Å². The zero-order chi connectivity index (χ0) is 14.0. The van der Waals surface area contributed by atoms with Gasteiger partial charge in [-0.2, -0.15) is 0 Å². The molecule has 19 heavy (non-hydrogen) atoms. The molecule has 2 aromatic carbocycles. The molecule has 0 spiro atoms. The average Bonchev–Trinajstić information content (AvgIpc) is 2.36. The first-order valence-corrected chi connectivity index (χ1v) is 7.05. The van der Waals surface area contributed by atoms with E-state index in [0.717, 1.165) is 9.13 Å². The van der Waals surface area contributed by atoms with E-state index in [1.165, 1.54) is 0 Å². The first kappa shape index (κ1) is 14.1. The number of aryl methyl sites for hydroxylation is 1. The first-order chi connectivity index (χ1) is 8.97. The molecule has 98 valence electrons. The van der Waals surface area contributed by atoms with Gasteiger partial charge in [0.05, 0.1) is 10.7 Å². The molecule has 0 saturated heterocycles. The third-order valence-electron chi connectivity index (χ3n) is 2.72. The summed E-state index contributed by atoms with van der Waals surface area (Å²) < 4.78 is 1.01. The first-order valence-electron chi connectivity index (χ1n) is 5.60. The molecule has 0 saturated carbocycles. The number of carbonyl (C=O) groups is 1. The molecule has 0 aliphatic rings. The molecule has 0 aliphatic carbocycles. The number of nitrogens with one attached hydrogen (secondary N) is 1. The van der Waals surface area contributed by atoms with Crippen molar-refractivity contribution in [2.75, 3.05) is 11.1 Å². The quantitative estimate of drug-likeness (QED) is 0.603. The zero-order valence-electron chi connectivity index (χ0n) is 10.2. The van der Waals surface area contributed by atoms with Gasteiger partial charge in [0.2, 0.25) is 0 Å². The predicted octanol–water partition coefficient (Wildman–Crippen LogP) is 4.09. The number of amides is 1. The van der Waals surface area contributed by atoms with Crippen molar-refractivity contribution in [2.45, 2.75) is 6.92 Å². The van der Waals surface area contributed by atoms with Crippen LogP contribution >= 0.6 is 34.2 Å². The molecule has 2 aromatic rings. The number of nitrogens with two attached hydrogens (primary N) is 1. The van der Waals surface area contributed by atoms with Crippen molar-refractivity contribution in [3.05, 3.63) is 56.1 Å². The molecule has 3 nitrogen and oxygen atoms in total. The lowest BCUT2D eigenvalue weighted by atomic mass is 10.1. The van der Waals surface area contributed by atoms with Crippen molar-refractivity contribution in [1.82, 2.24) is 0 Å². The van der Waals surface area contributed by atoms with Gasteiger partial charge >= 0.3 is 0 Å². The summed E-state index contributed by atoms with van der Waals surface area (Å²) in [6, 6.07) is 10.7. The normalized spacial score (nSPS) is 10.3. The highest BCUT2D eigenvalue weighted by atomic mass is 127. The second kappa shape index (κ2) is 5.79. The van der Waals surface area contributed by atoms with E-state index in [1.54, 1.807) is 24.3 Å². The van der Waals surface area contributed by atoms with Gasteiger partial charge in [-0.05, 0) is 65.4 Å². The summed E-state index contributed by atoms with van der Waals surface area (Å²) in [5.74, 6) is -0.227. The Labute approximate surface area is 130 Å². The van der Waals surface area contributed by atoms with Crippen molar-refractivity contribution in [3.8, 4) is 0 Å². The van der Waals surface area contributed by atoms with E-state index < -0.39 is 0 Å². The van der Waals surface area contributed by atoms with E-state index in [-0.39, 0.29) is 5.91 Å². The molecule has 0 atom stereocenters. The maximum absolute atomic E-state index is 12.1. The Morgan fingerprint density at radius 3 is 2.63 bits per heavy atom. The molecule has 0 aliphatic heterocycles. The van der Waals surface area contributed by atoms with E-state index in [1.807, 2.05) is 19.1 Å². The third kappa shape index (κ3) is 3.39. The minimum absolute atomic E-state index is 0.227. The van der Waals surface area contributed by atoms with Gasteiger partial charge in [-0.25, -0.2) is 0 Å². The summed E-state index contributed by atoms with van der Waals surface area (Å²) in [7, 11) is 0. The molecule has 0 unspecified atom stereocenters. The largest absolute Gasteiger partial charge is 0.398 e. The summed E-state index contributed by atoms with van der Waals surface area (Å²) in [5, 5.41) is 3.28. The monoisotopic (exact) mass is 386 g/mol. The lowest BCUT2D eigenvalue weighted by molar-refractivity contribution is 0.102. The van der Waals surface area contributed by atoms with E-state index in [9.17, 15) is 4.79 Å². The van der Waals surface area contributed by atoms with Gasteiger partial charge in [0, 0.05) is 14.8 Å². The molecule has 0 bridgehead atoms. The average molecular weight is 387 g/mol. The number of halogens is 2. The van der Waals surface area contributed by atoms with E-state index in [2.05, 4.69) is 27.9 Å². The van der Waals surface area contributed by atoms with Crippen LogP contribution in [0.3, 0.4) is 0 Å². The fraction of sp³-hybridized carbons (Fsp3) is 0.0714. The Balaban J connectivity index is 2.23. The summed E-state index contributed by atoms with van der Waals surface area (Å²) in [6.07, 6.45) is 0. The van der Waals surface area contributed by atoms with Crippen LogP contribution in [-0.4, -0.2) is 5.91 Å². The minimum atomic E-state index is -0.227. The number of hydrogen-bond acceptors (Lipinski definition) is 2. The van der Waals surface area contributed by atoms with Crippen LogP contribution in [0.5, 0.6) is 0 Å². The van der Waals surface area contributed by atoms with Crippen LogP contribution in [0.25, 0.3) is 0 Å². The molecule has 0 fully saturated rings. The van der Waals surface area contributed by atoms with Crippen LogP contribution in [0.4, 0.5) is 11.4 Å². The summed E-state index contributed by atoms with van der Waals surface area (Å²) in [5.41, 5.74) is 8.44. The van der Waals surface area contributed by atoms with Crippen molar-refractivity contribution in [1.29, 1.82) is 0 Å². The lowest BCUT2D eigenvalue weighted by Crippen LogP contribution is -2.12. The maximum Gasteiger partial charge on any atom is 0.255 e. The molecular formula is C14H12ClIN2O. The van der Waals surface area contributed by atoms with Gasteiger partial charge in [-0.15, -0.1) is 0 Å². The smallest absolute Gasteiger partial charge is 0.255 e. The molecule has 5 heteroatoms. The molecule has 3 N–H and O–H groups in total. The Morgan fingerprint density at radius 1 is 1.26 bits per heavy atom. The number of nitrogen functional groups attached to an aromatic ring is 1. The molecule has 1 amide bonds. The van der Waals surface area contributed by atoms with Crippen LogP contribution in [0.1, 0.15) is 15.9 Å². The summed E-state index contributed by atoms with van der Waals surface area (Å²) in [6.45, 7) is 1.90. The van der Waals surface area contributed by atoms with Gasteiger partial charge in [0.25, 0.3) is 5.91 Å². The number of hydrogen-bond donors (Lipinski definition) is 2. The van der Waals surface area contributed by atoms with Gasteiger partial charge in [0.15, 0.2) is 0 Å². The predicted molar refractivity (Wildman–Crippen MR) is 87.7 cm³/mol. The highest BCUT2D eigenvalue weighted by molar-refractivity contribution is 14.1. The SMILES string of the molecule is Cc1ccc(C(=O)Nc2ccc(I)cc2Cl)cc1N. The fourth-order valence-electron chi connectivity index (χ4n) is 1.57. The van der Waals surface area contributed by atoms with Crippen molar-refractivity contribution < 1.29 is 4.79 Å². The standard InChI is InChI=1S/C14H12ClIN2O/c1-8-2-3-9(6-12(8)17)14(19)18-13-5-4-10(16)7-11(13)15/h2-7H,17H2,1H3,(H,18,19). The second-order valence-electron chi connectivity index (χ2n) is 4.15. The van der Waals surface area contributed by atoms with Crippen LogP contribution in [-0.2, 0) is 0 Å². The van der Waals surface area contributed by atoms with Gasteiger partial charge in [0.1, 0.15) is 0 Å². The van der Waals surface area contributed by atoms with E-state index in [0.29, 0.717) is 22.0 Å². The van der Waals surface area contributed by atoms with Crippen LogP contribution in [0, 0.1) is 10.5 Å². The van der Waals surface area contributed by atoms with Crippen molar-refractivity contribution >= 4 is 51.5 Å². The lowest BCUT2D eigenvalue weighted by Gasteiger charge is -2.09. The highest BCUT2D eigenvalue weighted by Gasteiger charge is 2.09. The fourth-order valence-corrected chi connectivity index (χ4v) is 2.47. The van der Waals surface area contributed by atoms with Gasteiger partial charge in [-0.1, -0.05) is 17.7 Å². The molecule has 2 rings (SSSR count). The Hall–Kier alpha value is -1.27. The number of carbonyl (C=O) groups excluding carboxylic acids is 1. The highest BCUT2D eigenvalue weighted by Crippen LogP contribution is 2.24. The molecule has 0 aromatic heterocycles. The van der Waals surface area contributed by atoms with Crippen LogP contribution in [0.2, 0.25) is 5.02 Å². The summed E-state index contributed by atoms with van der Waals surface area (Å²) in [4.78, 5) is 12.1. The number of rotatable bonds is 2. The second-order valence-corrected chi connectivity index (χ2v) is 5.80. The zero-order valence-corrected chi connectivity index (χ0v) is 13.1. The van der Waals surface area contributed by atoms with Crippen molar-refractivity contribution in [2.24, 2.45) is 0 Å². The molecule has 0 radical (unpaired) electrons. The molecule has 0 heterocycles. The number of benzene rings is 2. The van der Waals surface area contributed by atoms with Gasteiger partial charge in [-0.3, -0.25) is 4.79 Å². The minimum Gasteiger partial charge on any atom is -0.398 e. The van der Waals surface area contributed by atoms with Gasteiger partial charge < -0.3 is 11.1 Å². The Morgan fingerprint density at radius 2 is 2.00 bits per heavy atom. The Kier molecular flexibility index (Phi) is 4.31. The maximum atomic E-state index is 12.1. The van der Waals surface area contributed by atoms with Crippen LogP contribution < -0.4 is 11.1 Å².